The van der Waals surface area contributed by atoms with Crippen LogP contribution in [0.3, 0.4) is 0 Å². The van der Waals surface area contributed by atoms with Crippen molar-refractivity contribution in [1.82, 2.24) is 4.90 Å². The number of carboxylic acid groups (broad SMARTS) is 1. The summed E-state index contributed by atoms with van der Waals surface area (Å²) < 4.78 is 0. The lowest BCUT2D eigenvalue weighted by molar-refractivity contribution is -0.141. The van der Waals surface area contributed by atoms with Crippen molar-refractivity contribution in [2.45, 2.75) is 19.4 Å². The molecule has 0 amide bonds. The fourth-order valence-electron chi connectivity index (χ4n) is 2.28. The third-order valence-electron chi connectivity index (χ3n) is 3.40. The van der Waals surface area contributed by atoms with Crippen molar-refractivity contribution in [3.63, 3.8) is 0 Å². The van der Waals surface area contributed by atoms with Crippen LogP contribution in [0.15, 0.2) is 30.3 Å². The first kappa shape index (κ1) is 11.1. The van der Waals surface area contributed by atoms with Crippen LogP contribution in [-0.2, 0) is 4.79 Å². The lowest BCUT2D eigenvalue weighted by atomic mass is 10.1. The number of nitrogens with zero attached hydrogens (tertiary/aromatic N) is 1. The Bertz CT molecular complexity index is 363. The Kier molecular flexibility index (Phi) is 3.25. The Labute approximate surface area is 95.7 Å². The van der Waals surface area contributed by atoms with Gasteiger partial charge in [-0.1, -0.05) is 30.3 Å². The highest BCUT2D eigenvalue weighted by molar-refractivity contribution is 5.70. The van der Waals surface area contributed by atoms with Gasteiger partial charge in [0.25, 0.3) is 0 Å². The highest BCUT2D eigenvalue weighted by Crippen LogP contribution is 2.27. The van der Waals surface area contributed by atoms with Gasteiger partial charge in [-0.15, -0.1) is 0 Å². The van der Waals surface area contributed by atoms with Gasteiger partial charge >= 0.3 is 5.97 Å². The average molecular weight is 219 g/mol. The second-order valence-electron chi connectivity index (χ2n) is 4.41. The maximum Gasteiger partial charge on any atom is 0.307 e. The van der Waals surface area contributed by atoms with Crippen molar-refractivity contribution in [3.8, 4) is 0 Å². The van der Waals surface area contributed by atoms with Crippen LogP contribution in [0.1, 0.15) is 24.9 Å². The smallest absolute Gasteiger partial charge is 0.307 e. The van der Waals surface area contributed by atoms with Crippen molar-refractivity contribution in [3.05, 3.63) is 35.9 Å². The van der Waals surface area contributed by atoms with Gasteiger partial charge in [-0.25, -0.2) is 0 Å². The minimum Gasteiger partial charge on any atom is -0.481 e. The van der Waals surface area contributed by atoms with E-state index in [4.69, 9.17) is 5.11 Å². The fourth-order valence-corrected chi connectivity index (χ4v) is 2.28. The molecule has 1 aliphatic heterocycles. The average Bonchev–Trinajstić information content (AvgIpc) is 2.78. The van der Waals surface area contributed by atoms with E-state index in [0.717, 1.165) is 13.0 Å². The van der Waals surface area contributed by atoms with Crippen molar-refractivity contribution < 1.29 is 9.90 Å². The van der Waals surface area contributed by atoms with Crippen molar-refractivity contribution in [2.24, 2.45) is 5.92 Å². The van der Waals surface area contributed by atoms with Gasteiger partial charge in [0.05, 0.1) is 5.92 Å². The molecule has 1 N–H and O–H groups in total. The monoisotopic (exact) mass is 219 g/mol. The molecule has 1 saturated heterocycles. The molecule has 2 atom stereocenters. The van der Waals surface area contributed by atoms with Crippen LogP contribution < -0.4 is 0 Å². The van der Waals surface area contributed by atoms with E-state index in [1.807, 2.05) is 18.2 Å². The fraction of sp³-hybridized carbons (Fsp3) is 0.462. The third-order valence-corrected chi connectivity index (χ3v) is 3.40. The maximum atomic E-state index is 10.9. The maximum absolute atomic E-state index is 10.9. The molecule has 86 valence electrons. The first-order valence-electron chi connectivity index (χ1n) is 5.70. The van der Waals surface area contributed by atoms with Gasteiger partial charge in [0.1, 0.15) is 0 Å². The van der Waals surface area contributed by atoms with Gasteiger partial charge in [-0.3, -0.25) is 9.69 Å². The van der Waals surface area contributed by atoms with Crippen LogP contribution in [0.4, 0.5) is 0 Å². The molecule has 0 spiro atoms. The number of carboxylic acids is 1. The molecule has 0 aromatic heterocycles. The molecular formula is C13H17NO2. The lowest BCUT2D eigenvalue weighted by Gasteiger charge is -2.24. The Morgan fingerprint density at radius 1 is 1.44 bits per heavy atom. The molecule has 1 aromatic carbocycles. The highest BCUT2D eigenvalue weighted by Gasteiger charge is 2.30. The van der Waals surface area contributed by atoms with Gasteiger partial charge in [-0.2, -0.15) is 0 Å². The van der Waals surface area contributed by atoms with Gasteiger partial charge in [0.2, 0.25) is 0 Å². The summed E-state index contributed by atoms with van der Waals surface area (Å²) in [5.41, 5.74) is 1.26. The molecule has 16 heavy (non-hydrogen) atoms. The number of carbonyl (C=O) groups is 1. The SMILES string of the molecule is C[C@H](c1ccccc1)N1CC[C@H](C(=O)O)C1. The van der Waals surface area contributed by atoms with E-state index in [1.165, 1.54) is 5.56 Å². The molecule has 1 aromatic rings. The Morgan fingerprint density at radius 2 is 2.12 bits per heavy atom. The van der Waals surface area contributed by atoms with Crippen LogP contribution in [0.25, 0.3) is 0 Å². The zero-order valence-electron chi connectivity index (χ0n) is 9.47. The van der Waals surface area contributed by atoms with Gasteiger partial charge in [0.15, 0.2) is 0 Å². The summed E-state index contributed by atoms with van der Waals surface area (Å²) in [6, 6.07) is 10.6. The number of likely N-dealkylation sites (tertiary alicyclic amines) is 1. The molecule has 3 nitrogen and oxygen atoms in total. The summed E-state index contributed by atoms with van der Waals surface area (Å²) in [6.07, 6.45) is 0.770. The van der Waals surface area contributed by atoms with Crippen LogP contribution in [0.2, 0.25) is 0 Å². The lowest BCUT2D eigenvalue weighted by Crippen LogP contribution is -2.26. The quantitative estimate of drug-likeness (QED) is 0.846. The van der Waals surface area contributed by atoms with Crippen molar-refractivity contribution in [1.29, 1.82) is 0 Å². The van der Waals surface area contributed by atoms with Gasteiger partial charge < -0.3 is 5.11 Å². The molecule has 0 radical (unpaired) electrons. The Morgan fingerprint density at radius 3 is 2.69 bits per heavy atom. The third kappa shape index (κ3) is 2.25. The molecule has 2 rings (SSSR count). The first-order valence-corrected chi connectivity index (χ1v) is 5.70. The predicted molar refractivity (Wildman–Crippen MR) is 62.2 cm³/mol. The van der Waals surface area contributed by atoms with Gasteiger partial charge in [0, 0.05) is 12.6 Å². The van der Waals surface area contributed by atoms with Crippen molar-refractivity contribution >= 4 is 5.97 Å². The predicted octanol–water partition coefficient (Wildman–Crippen LogP) is 2.15. The summed E-state index contributed by atoms with van der Waals surface area (Å²) in [4.78, 5) is 13.1. The van der Waals surface area contributed by atoms with Crippen LogP contribution >= 0.6 is 0 Å². The van der Waals surface area contributed by atoms with Crippen molar-refractivity contribution in [2.75, 3.05) is 13.1 Å². The number of rotatable bonds is 3. The van der Waals surface area contributed by atoms with Crippen LogP contribution in [0, 0.1) is 5.92 Å². The Hall–Kier alpha value is -1.35. The first-order chi connectivity index (χ1) is 7.68. The van der Waals surface area contributed by atoms with Crippen LogP contribution in [0.5, 0.6) is 0 Å². The number of aliphatic carboxylic acids is 1. The molecule has 0 aliphatic carbocycles. The number of benzene rings is 1. The molecule has 1 aliphatic rings. The minimum absolute atomic E-state index is 0.189. The second-order valence-corrected chi connectivity index (χ2v) is 4.41. The van der Waals surface area contributed by atoms with E-state index in [1.54, 1.807) is 0 Å². The summed E-state index contributed by atoms with van der Waals surface area (Å²) in [5, 5.41) is 8.96. The Balaban J connectivity index is 2.02. The summed E-state index contributed by atoms with van der Waals surface area (Å²) >= 11 is 0. The summed E-state index contributed by atoms with van der Waals surface area (Å²) in [6.45, 7) is 3.69. The largest absolute Gasteiger partial charge is 0.481 e. The zero-order valence-corrected chi connectivity index (χ0v) is 9.47. The zero-order chi connectivity index (χ0) is 11.5. The molecule has 0 bridgehead atoms. The molecular weight excluding hydrogens is 202 g/mol. The molecule has 1 fully saturated rings. The van der Waals surface area contributed by atoms with E-state index < -0.39 is 5.97 Å². The number of hydrogen-bond donors (Lipinski definition) is 1. The molecule has 3 heteroatoms. The summed E-state index contributed by atoms with van der Waals surface area (Å²) in [7, 11) is 0. The van der Waals surface area contributed by atoms with E-state index in [2.05, 4.69) is 24.0 Å². The van der Waals surface area contributed by atoms with E-state index in [0.29, 0.717) is 12.6 Å². The van der Waals surface area contributed by atoms with Crippen LogP contribution in [-0.4, -0.2) is 29.1 Å². The number of hydrogen-bond acceptors (Lipinski definition) is 2. The van der Waals surface area contributed by atoms with E-state index >= 15 is 0 Å². The molecule has 0 unspecified atom stereocenters. The summed E-state index contributed by atoms with van der Waals surface area (Å²) in [5.74, 6) is -0.853. The molecule has 0 saturated carbocycles. The topological polar surface area (TPSA) is 40.5 Å². The van der Waals surface area contributed by atoms with Gasteiger partial charge in [-0.05, 0) is 25.5 Å². The minimum atomic E-state index is -0.664. The standard InChI is InChI=1S/C13H17NO2/c1-10(11-5-3-2-4-6-11)14-8-7-12(9-14)13(15)16/h2-6,10,12H,7-9H2,1H3,(H,15,16)/t10-,12+/m1/s1. The second kappa shape index (κ2) is 4.66. The van der Waals surface area contributed by atoms with E-state index in [9.17, 15) is 4.79 Å². The highest BCUT2D eigenvalue weighted by atomic mass is 16.4. The van der Waals surface area contributed by atoms with E-state index in [-0.39, 0.29) is 5.92 Å². The molecule has 1 heterocycles. The normalized spacial score (nSPS) is 23.2.